The smallest absolute Gasteiger partial charge is 0.322 e. The summed E-state index contributed by atoms with van der Waals surface area (Å²) in [6, 6.07) is 2.24. The highest BCUT2D eigenvalue weighted by atomic mass is 35.5. The molecule has 7 nitrogen and oxygen atoms in total. The number of hydrogen-bond acceptors (Lipinski definition) is 4. The summed E-state index contributed by atoms with van der Waals surface area (Å²) in [6.45, 7) is 2.44. The van der Waals surface area contributed by atoms with Crippen molar-refractivity contribution in [3.05, 3.63) is 29.0 Å². The number of imide groups is 2. The lowest BCUT2D eigenvalue weighted by Gasteiger charge is -2.18. The molecule has 1 aromatic carbocycles. The molecular weight excluding hydrogens is 329 g/mol. The lowest BCUT2D eigenvalue weighted by molar-refractivity contribution is -0.144. The minimum absolute atomic E-state index is 0.148. The number of nitrogens with one attached hydrogen (secondary N) is 1. The van der Waals surface area contributed by atoms with Crippen LogP contribution in [0.5, 0.6) is 0 Å². The Morgan fingerprint density at radius 3 is 2.43 bits per heavy atom. The predicted octanol–water partition coefficient (Wildman–Crippen LogP) is 1.62. The molecule has 9 heteroatoms. The van der Waals surface area contributed by atoms with Crippen LogP contribution in [0, 0.1) is 5.82 Å². The average Bonchev–Trinajstić information content (AvgIpc) is 2.66. The maximum absolute atomic E-state index is 13.6. The Balaban J connectivity index is 2.10. The van der Waals surface area contributed by atoms with Gasteiger partial charge in [-0.3, -0.25) is 19.3 Å². The van der Waals surface area contributed by atoms with Crippen LogP contribution in [-0.4, -0.2) is 46.1 Å². The SMILES string of the molecule is CC(C)N1C(=O)C(=O)N(CC(=O)Nc2ccc(Cl)cc2F)C1=O. The van der Waals surface area contributed by atoms with Gasteiger partial charge in [0, 0.05) is 11.1 Å². The predicted molar refractivity (Wildman–Crippen MR) is 79.1 cm³/mol. The quantitative estimate of drug-likeness (QED) is 0.666. The first-order valence-electron chi connectivity index (χ1n) is 6.66. The zero-order valence-corrected chi connectivity index (χ0v) is 13.1. The van der Waals surface area contributed by atoms with Crippen LogP contribution in [0.1, 0.15) is 13.8 Å². The van der Waals surface area contributed by atoms with Crippen LogP contribution >= 0.6 is 11.6 Å². The Morgan fingerprint density at radius 2 is 1.91 bits per heavy atom. The van der Waals surface area contributed by atoms with Crippen LogP contribution < -0.4 is 5.32 Å². The average molecular weight is 342 g/mol. The largest absolute Gasteiger partial charge is 0.334 e. The minimum atomic E-state index is -1.09. The van der Waals surface area contributed by atoms with E-state index in [1.807, 2.05) is 0 Å². The second-order valence-corrected chi connectivity index (χ2v) is 5.55. The maximum Gasteiger partial charge on any atom is 0.334 e. The fourth-order valence-corrected chi connectivity index (χ4v) is 2.20. The van der Waals surface area contributed by atoms with E-state index in [1.165, 1.54) is 12.1 Å². The summed E-state index contributed by atoms with van der Waals surface area (Å²) in [5, 5.41) is 2.37. The van der Waals surface area contributed by atoms with E-state index in [9.17, 15) is 23.6 Å². The van der Waals surface area contributed by atoms with Crippen LogP contribution in [0.2, 0.25) is 5.02 Å². The van der Waals surface area contributed by atoms with Gasteiger partial charge in [-0.15, -0.1) is 0 Å². The zero-order chi connectivity index (χ0) is 17.3. The summed E-state index contributed by atoms with van der Waals surface area (Å²) in [5.41, 5.74) is -0.148. The van der Waals surface area contributed by atoms with Crippen molar-refractivity contribution in [3.63, 3.8) is 0 Å². The molecule has 0 unspecified atom stereocenters. The maximum atomic E-state index is 13.6. The molecule has 1 N–H and O–H groups in total. The monoisotopic (exact) mass is 341 g/mol. The van der Waals surface area contributed by atoms with Crippen molar-refractivity contribution >= 4 is 41.0 Å². The highest BCUT2D eigenvalue weighted by Crippen LogP contribution is 2.19. The van der Waals surface area contributed by atoms with E-state index >= 15 is 0 Å². The molecule has 0 saturated carbocycles. The van der Waals surface area contributed by atoms with E-state index in [0.29, 0.717) is 4.90 Å². The first-order valence-corrected chi connectivity index (χ1v) is 7.04. The molecule has 1 heterocycles. The number of carbonyl (C=O) groups excluding carboxylic acids is 4. The molecule has 23 heavy (non-hydrogen) atoms. The molecule has 2 rings (SSSR count). The molecule has 1 fully saturated rings. The molecule has 5 amide bonds. The first kappa shape index (κ1) is 16.9. The Morgan fingerprint density at radius 1 is 1.26 bits per heavy atom. The van der Waals surface area contributed by atoms with E-state index in [0.717, 1.165) is 11.0 Å². The molecular formula is C14H13ClFN3O4. The van der Waals surface area contributed by atoms with Crippen molar-refractivity contribution in [2.75, 3.05) is 11.9 Å². The van der Waals surface area contributed by atoms with Crippen LogP contribution in [0.15, 0.2) is 18.2 Å². The normalized spacial score (nSPS) is 14.9. The van der Waals surface area contributed by atoms with Gasteiger partial charge in [0.2, 0.25) is 5.91 Å². The number of halogens is 2. The Bertz CT molecular complexity index is 707. The number of urea groups is 1. The lowest BCUT2D eigenvalue weighted by atomic mass is 10.3. The number of amides is 5. The van der Waals surface area contributed by atoms with Gasteiger partial charge < -0.3 is 5.32 Å². The molecule has 0 atom stereocenters. The number of rotatable bonds is 4. The topological polar surface area (TPSA) is 86.8 Å². The molecule has 1 aromatic rings. The van der Waals surface area contributed by atoms with E-state index in [-0.39, 0.29) is 10.7 Å². The molecule has 0 radical (unpaired) electrons. The molecule has 0 aliphatic carbocycles. The standard InChI is InChI=1S/C14H13ClFN3O4/c1-7(2)19-13(22)12(21)18(14(19)23)6-11(20)17-10-4-3-8(15)5-9(10)16/h3-5,7H,6H2,1-2H3,(H,17,20). The van der Waals surface area contributed by atoms with E-state index in [2.05, 4.69) is 5.32 Å². The summed E-state index contributed by atoms with van der Waals surface area (Å²) >= 11 is 5.60. The number of nitrogens with zero attached hydrogens (tertiary/aromatic N) is 2. The van der Waals surface area contributed by atoms with Gasteiger partial charge in [-0.2, -0.15) is 0 Å². The van der Waals surface area contributed by atoms with E-state index in [1.54, 1.807) is 13.8 Å². The van der Waals surface area contributed by atoms with E-state index in [4.69, 9.17) is 11.6 Å². The highest BCUT2D eigenvalue weighted by molar-refractivity contribution is 6.45. The van der Waals surface area contributed by atoms with Gasteiger partial charge in [-0.05, 0) is 32.0 Å². The molecule has 0 spiro atoms. The summed E-state index contributed by atoms with van der Waals surface area (Å²) in [7, 11) is 0. The first-order chi connectivity index (χ1) is 10.7. The van der Waals surface area contributed by atoms with Crippen molar-refractivity contribution in [2.45, 2.75) is 19.9 Å². The minimum Gasteiger partial charge on any atom is -0.322 e. The van der Waals surface area contributed by atoms with Crippen molar-refractivity contribution in [2.24, 2.45) is 0 Å². The van der Waals surface area contributed by atoms with Crippen molar-refractivity contribution in [3.8, 4) is 0 Å². The third kappa shape index (κ3) is 3.31. The van der Waals surface area contributed by atoms with Gasteiger partial charge in [0.05, 0.1) is 5.69 Å². The van der Waals surface area contributed by atoms with Gasteiger partial charge in [0.25, 0.3) is 0 Å². The molecule has 0 aromatic heterocycles. The molecule has 1 saturated heterocycles. The summed E-state index contributed by atoms with van der Waals surface area (Å²) < 4.78 is 13.6. The summed E-state index contributed by atoms with van der Waals surface area (Å²) in [4.78, 5) is 48.7. The third-order valence-corrected chi connectivity index (χ3v) is 3.34. The lowest BCUT2D eigenvalue weighted by Crippen LogP contribution is -2.40. The van der Waals surface area contributed by atoms with Crippen molar-refractivity contribution in [1.29, 1.82) is 0 Å². The van der Waals surface area contributed by atoms with Gasteiger partial charge in [0.15, 0.2) is 0 Å². The fourth-order valence-electron chi connectivity index (χ4n) is 2.04. The molecule has 122 valence electrons. The van der Waals surface area contributed by atoms with Gasteiger partial charge in [-0.25, -0.2) is 14.1 Å². The van der Waals surface area contributed by atoms with E-state index < -0.39 is 42.2 Å². The van der Waals surface area contributed by atoms with Crippen LogP contribution in [0.3, 0.4) is 0 Å². The van der Waals surface area contributed by atoms with Gasteiger partial charge in [0.1, 0.15) is 12.4 Å². The van der Waals surface area contributed by atoms with Gasteiger partial charge in [-0.1, -0.05) is 11.6 Å². The second-order valence-electron chi connectivity index (χ2n) is 5.12. The fraction of sp³-hybridized carbons (Fsp3) is 0.286. The van der Waals surface area contributed by atoms with Gasteiger partial charge >= 0.3 is 17.8 Å². The Hall–Kier alpha value is -2.48. The Kier molecular flexibility index (Phi) is 4.65. The second kappa shape index (κ2) is 6.33. The molecule has 1 aliphatic rings. The van der Waals surface area contributed by atoms with Crippen molar-refractivity contribution in [1.82, 2.24) is 9.80 Å². The third-order valence-electron chi connectivity index (χ3n) is 3.11. The number of carbonyl (C=O) groups is 4. The van der Waals surface area contributed by atoms with Crippen molar-refractivity contribution < 1.29 is 23.6 Å². The summed E-state index contributed by atoms with van der Waals surface area (Å²) in [6.07, 6.45) is 0. The number of benzene rings is 1. The number of anilines is 1. The van der Waals surface area contributed by atoms with Crippen LogP contribution in [-0.2, 0) is 14.4 Å². The zero-order valence-electron chi connectivity index (χ0n) is 12.3. The molecule has 0 bridgehead atoms. The highest BCUT2D eigenvalue weighted by Gasteiger charge is 2.46. The molecule has 1 aliphatic heterocycles. The number of hydrogen-bond donors (Lipinski definition) is 1. The Labute approximate surface area is 136 Å². The summed E-state index contributed by atoms with van der Waals surface area (Å²) in [5.74, 6) is -3.65. The van der Waals surface area contributed by atoms with Crippen LogP contribution in [0.4, 0.5) is 14.9 Å². The van der Waals surface area contributed by atoms with Crippen LogP contribution in [0.25, 0.3) is 0 Å².